The number of rotatable bonds is 2. The van der Waals surface area contributed by atoms with Crippen LogP contribution in [0.3, 0.4) is 0 Å². The topological polar surface area (TPSA) is 176 Å². The van der Waals surface area contributed by atoms with E-state index in [0.29, 0.717) is 0 Å². The molecule has 4 aliphatic heterocycles. The first-order valence-corrected chi connectivity index (χ1v) is 11.5. The van der Waals surface area contributed by atoms with Gasteiger partial charge in [-0.3, -0.25) is 20.2 Å². The molecular weight excluding hydrogens is 495 g/mol. The number of carbonyl (C=O) groups is 4. The Hall–Kier alpha value is -4.27. The second-order valence-electron chi connectivity index (χ2n) is 9.49. The van der Waals surface area contributed by atoms with E-state index in [0.717, 1.165) is 11.1 Å². The summed E-state index contributed by atoms with van der Waals surface area (Å²) in [6, 6.07) is -1.21. The molecule has 0 radical (unpaired) electrons. The summed E-state index contributed by atoms with van der Waals surface area (Å²) in [6.07, 6.45) is -1.07. The summed E-state index contributed by atoms with van der Waals surface area (Å²) in [7, 11) is 0. The molecule has 1 aromatic carbocycles. The number of oxime groups is 1. The van der Waals surface area contributed by atoms with Gasteiger partial charge in [-0.05, 0) is 25.5 Å². The molecule has 3 fully saturated rings. The van der Waals surface area contributed by atoms with E-state index in [1.807, 2.05) is 0 Å². The lowest BCUT2D eigenvalue weighted by Gasteiger charge is -2.55. The quantitative estimate of drug-likeness (QED) is 0.222. The molecule has 5 amide bonds. The first-order chi connectivity index (χ1) is 17.7. The highest BCUT2D eigenvalue weighted by Gasteiger charge is 2.63. The van der Waals surface area contributed by atoms with Crippen molar-refractivity contribution in [2.75, 3.05) is 23.0 Å². The highest BCUT2D eigenvalue weighted by molar-refractivity contribution is 6.20. The molecule has 15 heteroatoms. The van der Waals surface area contributed by atoms with E-state index in [2.05, 4.69) is 20.9 Å². The van der Waals surface area contributed by atoms with Crippen LogP contribution in [0.25, 0.3) is 11.0 Å². The van der Waals surface area contributed by atoms with Gasteiger partial charge in [0.25, 0.3) is 0 Å². The smallest absolute Gasteiger partial charge is 0.416 e. The van der Waals surface area contributed by atoms with Gasteiger partial charge in [-0.25, -0.2) is 18.9 Å². The molecule has 194 valence electrons. The fraction of sp³-hybridized carbons (Fsp3) is 0.455. The van der Waals surface area contributed by atoms with E-state index in [-0.39, 0.29) is 53.7 Å². The van der Waals surface area contributed by atoms with Crippen LogP contribution in [0.4, 0.5) is 25.5 Å². The summed E-state index contributed by atoms with van der Waals surface area (Å²) in [5, 5.41) is 20.2. The number of urea groups is 1. The minimum atomic E-state index is -1.81. The molecule has 0 unspecified atom stereocenters. The number of carbonyl (C=O) groups excluding carboxylic acids is 4. The SMILES string of the molecule is C[C@@H]1CN2c3c(cc4c(N5C(=O)OC[C@@H]5/C=N\O)noc4c3F)CC3(C(=O)NC(=O)NC3=O)[C@H]2[C@H](C)O1. The molecule has 3 saturated heterocycles. The van der Waals surface area contributed by atoms with Gasteiger partial charge < -0.3 is 24.1 Å². The van der Waals surface area contributed by atoms with Gasteiger partial charge in [0.15, 0.2) is 17.1 Å². The maximum atomic E-state index is 16.2. The third-order valence-corrected chi connectivity index (χ3v) is 7.32. The number of barbiturate groups is 1. The van der Waals surface area contributed by atoms with Crippen LogP contribution in [-0.4, -0.2) is 78.0 Å². The van der Waals surface area contributed by atoms with Gasteiger partial charge in [-0.2, -0.15) is 0 Å². The van der Waals surface area contributed by atoms with E-state index < -0.39 is 53.4 Å². The Balaban J connectivity index is 1.57. The average molecular weight is 516 g/mol. The predicted octanol–water partition coefficient (Wildman–Crippen LogP) is 0.643. The van der Waals surface area contributed by atoms with Crippen molar-refractivity contribution in [3.8, 4) is 0 Å². The summed E-state index contributed by atoms with van der Waals surface area (Å²) in [6.45, 7) is 3.48. The Kier molecular flexibility index (Phi) is 4.92. The lowest BCUT2D eigenvalue weighted by atomic mass is 9.66. The number of nitrogens with zero attached hydrogens (tertiary/aromatic N) is 4. The van der Waals surface area contributed by atoms with Crippen molar-refractivity contribution >= 4 is 52.6 Å². The Labute approximate surface area is 207 Å². The number of anilines is 2. The monoisotopic (exact) mass is 516 g/mol. The van der Waals surface area contributed by atoms with Crippen LogP contribution in [0.15, 0.2) is 15.7 Å². The number of amides is 5. The summed E-state index contributed by atoms with van der Waals surface area (Å²) in [5.74, 6) is -2.52. The molecule has 5 heterocycles. The molecule has 1 aromatic heterocycles. The van der Waals surface area contributed by atoms with E-state index in [1.54, 1.807) is 18.7 Å². The Morgan fingerprint density at radius 3 is 2.68 bits per heavy atom. The van der Waals surface area contributed by atoms with Gasteiger partial charge in [0, 0.05) is 13.0 Å². The molecule has 3 N–H and O–H groups in total. The number of imide groups is 2. The molecule has 4 aliphatic rings. The molecule has 4 atom stereocenters. The highest BCUT2D eigenvalue weighted by Crippen LogP contribution is 2.49. The number of aromatic nitrogens is 1. The van der Waals surface area contributed by atoms with Crippen molar-refractivity contribution in [2.24, 2.45) is 10.6 Å². The lowest BCUT2D eigenvalue weighted by Crippen LogP contribution is -2.75. The van der Waals surface area contributed by atoms with Crippen molar-refractivity contribution in [1.29, 1.82) is 0 Å². The van der Waals surface area contributed by atoms with Crippen LogP contribution in [0, 0.1) is 11.2 Å². The van der Waals surface area contributed by atoms with E-state index in [1.165, 1.54) is 6.07 Å². The number of fused-ring (bicyclic) bond motifs is 5. The minimum absolute atomic E-state index is 0.0853. The van der Waals surface area contributed by atoms with Crippen molar-refractivity contribution < 1.29 is 42.8 Å². The molecule has 2 aromatic rings. The summed E-state index contributed by atoms with van der Waals surface area (Å²) in [4.78, 5) is 53.6. The van der Waals surface area contributed by atoms with Crippen LogP contribution >= 0.6 is 0 Å². The van der Waals surface area contributed by atoms with Crippen LogP contribution in [0.2, 0.25) is 0 Å². The second kappa shape index (κ2) is 7.86. The largest absolute Gasteiger partial charge is 0.446 e. The fourth-order valence-corrected chi connectivity index (χ4v) is 5.98. The van der Waals surface area contributed by atoms with E-state index in [9.17, 15) is 19.2 Å². The van der Waals surface area contributed by atoms with Crippen molar-refractivity contribution in [1.82, 2.24) is 15.8 Å². The number of ether oxygens (including phenoxy) is 2. The molecule has 37 heavy (non-hydrogen) atoms. The normalized spacial score (nSPS) is 28.9. The third kappa shape index (κ3) is 3.06. The first-order valence-electron chi connectivity index (χ1n) is 11.5. The molecule has 6 rings (SSSR count). The van der Waals surface area contributed by atoms with E-state index >= 15 is 4.39 Å². The van der Waals surface area contributed by atoms with Crippen molar-refractivity contribution in [2.45, 2.75) is 44.6 Å². The maximum absolute atomic E-state index is 16.2. The number of benzene rings is 1. The lowest BCUT2D eigenvalue weighted by molar-refractivity contribution is -0.153. The Morgan fingerprint density at radius 1 is 1.24 bits per heavy atom. The summed E-state index contributed by atoms with van der Waals surface area (Å²) in [5.41, 5.74) is -1.67. The standard InChI is InChI=1S/C22H21FN6O8/c1-8-6-28-14-10(4-22(16(28)9(2)36-8)18(30)25-20(32)26-19(22)31)3-12-15(13(14)23)37-27-17(12)29-11(5-24-34)7-35-21(29)33/h3,5,8-9,11,16,34H,4,6-7H2,1-2H3,(H2,25,26,30,31,32)/b24-5-/t8-,9+,11+,16-/m1/s1. The molecular formula is C22H21FN6O8. The molecule has 0 aliphatic carbocycles. The van der Waals surface area contributed by atoms with Gasteiger partial charge in [0.05, 0.1) is 35.5 Å². The van der Waals surface area contributed by atoms with Gasteiger partial charge >= 0.3 is 12.1 Å². The second-order valence-corrected chi connectivity index (χ2v) is 9.49. The maximum Gasteiger partial charge on any atom is 0.416 e. The number of morpholine rings is 1. The van der Waals surface area contributed by atoms with Gasteiger partial charge in [0.1, 0.15) is 12.6 Å². The zero-order valence-electron chi connectivity index (χ0n) is 19.6. The third-order valence-electron chi connectivity index (χ3n) is 7.32. The Morgan fingerprint density at radius 2 is 1.97 bits per heavy atom. The summed E-state index contributed by atoms with van der Waals surface area (Å²) >= 11 is 0. The number of nitrogens with one attached hydrogen (secondary N) is 2. The zero-order valence-corrected chi connectivity index (χ0v) is 19.6. The van der Waals surface area contributed by atoms with Crippen LogP contribution in [0.1, 0.15) is 19.4 Å². The molecule has 14 nitrogen and oxygen atoms in total. The number of cyclic esters (lactones) is 1. The Bertz CT molecular complexity index is 1390. The van der Waals surface area contributed by atoms with E-state index in [4.69, 9.17) is 19.2 Å². The van der Waals surface area contributed by atoms with Gasteiger partial charge in [-0.15, -0.1) is 0 Å². The van der Waals surface area contributed by atoms with Gasteiger partial charge in [-0.1, -0.05) is 10.3 Å². The molecule has 1 spiro atoms. The zero-order chi connectivity index (χ0) is 26.2. The van der Waals surface area contributed by atoms with Crippen molar-refractivity contribution in [3.63, 3.8) is 0 Å². The van der Waals surface area contributed by atoms with Crippen LogP contribution in [0.5, 0.6) is 0 Å². The molecule has 0 bridgehead atoms. The fourth-order valence-electron chi connectivity index (χ4n) is 5.98. The average Bonchev–Trinajstić information content (AvgIpc) is 3.40. The minimum Gasteiger partial charge on any atom is -0.446 e. The number of hydrogen-bond donors (Lipinski definition) is 3. The van der Waals surface area contributed by atoms with Crippen LogP contribution in [-0.2, 0) is 25.5 Å². The predicted molar refractivity (Wildman–Crippen MR) is 121 cm³/mol. The summed E-state index contributed by atoms with van der Waals surface area (Å²) < 4.78 is 32.4. The van der Waals surface area contributed by atoms with Gasteiger partial charge in [0.2, 0.25) is 17.4 Å². The first kappa shape index (κ1) is 23.1. The van der Waals surface area contributed by atoms with Crippen molar-refractivity contribution in [3.05, 3.63) is 17.4 Å². The number of halogens is 1. The highest BCUT2D eigenvalue weighted by atomic mass is 19.1. The molecule has 0 saturated carbocycles. The van der Waals surface area contributed by atoms with Crippen LogP contribution < -0.4 is 20.4 Å². The number of hydrogen-bond acceptors (Lipinski definition) is 11.